The molecular weight excluding hydrogens is 308 g/mol. The molecule has 0 saturated carbocycles. The van der Waals surface area contributed by atoms with Gasteiger partial charge < -0.3 is 10.6 Å². The van der Waals surface area contributed by atoms with Crippen molar-refractivity contribution in [2.45, 2.75) is 31.6 Å². The molecule has 6 nitrogen and oxygen atoms in total. The standard InChI is InChI=1S/C13H17ClN6S/c1-8(2)17-12-18-11(19-13(20-12)21-3)16-7-9-4-5-10(14)15-6-9/h4-6,8H,7H2,1-3H3,(H2,16,17,18,19,20). The Balaban J connectivity index is 2.09. The zero-order valence-electron chi connectivity index (χ0n) is 12.1. The maximum absolute atomic E-state index is 5.76. The summed E-state index contributed by atoms with van der Waals surface area (Å²) in [7, 11) is 0. The maximum Gasteiger partial charge on any atom is 0.228 e. The maximum atomic E-state index is 5.76. The lowest BCUT2D eigenvalue weighted by Gasteiger charge is -2.11. The fourth-order valence-electron chi connectivity index (χ4n) is 1.54. The average molecular weight is 325 g/mol. The third kappa shape index (κ3) is 5.02. The van der Waals surface area contributed by atoms with E-state index >= 15 is 0 Å². The molecule has 0 saturated heterocycles. The summed E-state index contributed by atoms with van der Waals surface area (Å²) in [5, 5.41) is 7.50. The van der Waals surface area contributed by atoms with Gasteiger partial charge in [0.25, 0.3) is 0 Å². The van der Waals surface area contributed by atoms with E-state index in [0.29, 0.717) is 28.8 Å². The van der Waals surface area contributed by atoms with Crippen molar-refractivity contribution in [1.82, 2.24) is 19.9 Å². The second kappa shape index (κ2) is 7.42. The zero-order valence-corrected chi connectivity index (χ0v) is 13.7. The summed E-state index contributed by atoms with van der Waals surface area (Å²) in [4.78, 5) is 17.0. The Hall–Kier alpha value is -1.60. The van der Waals surface area contributed by atoms with Crippen molar-refractivity contribution in [3.8, 4) is 0 Å². The monoisotopic (exact) mass is 324 g/mol. The molecule has 2 rings (SSSR count). The highest BCUT2D eigenvalue weighted by Crippen LogP contribution is 2.15. The first-order chi connectivity index (χ1) is 10.1. The molecule has 21 heavy (non-hydrogen) atoms. The molecule has 0 unspecified atom stereocenters. The topological polar surface area (TPSA) is 75.6 Å². The SMILES string of the molecule is CSc1nc(NCc2ccc(Cl)nc2)nc(NC(C)C)n1. The van der Waals surface area contributed by atoms with E-state index in [2.05, 4.69) is 30.6 Å². The number of aromatic nitrogens is 4. The summed E-state index contributed by atoms with van der Waals surface area (Å²) in [5.74, 6) is 1.11. The molecule has 2 aromatic heterocycles. The quantitative estimate of drug-likeness (QED) is 0.624. The lowest BCUT2D eigenvalue weighted by Crippen LogP contribution is -2.15. The number of nitrogens with one attached hydrogen (secondary N) is 2. The summed E-state index contributed by atoms with van der Waals surface area (Å²) in [5.41, 5.74) is 1.00. The molecule has 0 aliphatic heterocycles. The van der Waals surface area contributed by atoms with Gasteiger partial charge in [-0.1, -0.05) is 29.4 Å². The predicted molar refractivity (Wildman–Crippen MR) is 86.9 cm³/mol. The van der Waals surface area contributed by atoms with E-state index in [4.69, 9.17) is 11.6 Å². The van der Waals surface area contributed by atoms with E-state index in [-0.39, 0.29) is 6.04 Å². The molecule has 112 valence electrons. The van der Waals surface area contributed by atoms with E-state index < -0.39 is 0 Å². The van der Waals surface area contributed by atoms with Crippen LogP contribution in [0.3, 0.4) is 0 Å². The van der Waals surface area contributed by atoms with Crippen LogP contribution in [0.1, 0.15) is 19.4 Å². The highest BCUT2D eigenvalue weighted by molar-refractivity contribution is 7.98. The van der Waals surface area contributed by atoms with Gasteiger partial charge in [0, 0.05) is 18.8 Å². The molecule has 8 heteroatoms. The molecule has 2 aromatic rings. The third-order valence-electron chi connectivity index (χ3n) is 2.45. The fraction of sp³-hybridized carbons (Fsp3) is 0.385. The molecule has 0 fully saturated rings. The highest BCUT2D eigenvalue weighted by Gasteiger charge is 2.07. The summed E-state index contributed by atoms with van der Waals surface area (Å²) in [6.45, 7) is 4.65. The number of nitrogens with zero attached hydrogens (tertiary/aromatic N) is 4. The molecule has 0 aromatic carbocycles. The predicted octanol–water partition coefficient (Wildman–Crippen LogP) is 3.07. The first kappa shape index (κ1) is 15.8. The normalized spacial score (nSPS) is 10.7. The minimum Gasteiger partial charge on any atom is -0.352 e. The second-order valence-corrected chi connectivity index (χ2v) is 5.77. The van der Waals surface area contributed by atoms with Gasteiger partial charge in [0.1, 0.15) is 5.15 Å². The minimum absolute atomic E-state index is 0.260. The smallest absolute Gasteiger partial charge is 0.228 e. The summed E-state index contributed by atoms with van der Waals surface area (Å²) >= 11 is 7.24. The van der Waals surface area contributed by atoms with Gasteiger partial charge in [-0.2, -0.15) is 15.0 Å². The van der Waals surface area contributed by atoms with Crippen molar-refractivity contribution in [3.63, 3.8) is 0 Å². The largest absolute Gasteiger partial charge is 0.352 e. The first-order valence-electron chi connectivity index (χ1n) is 6.47. The van der Waals surface area contributed by atoms with Gasteiger partial charge in [0.2, 0.25) is 11.9 Å². The molecule has 0 aliphatic carbocycles. The Morgan fingerprint density at radius 3 is 2.57 bits per heavy atom. The van der Waals surface area contributed by atoms with Crippen molar-refractivity contribution in [3.05, 3.63) is 29.0 Å². The fourth-order valence-corrected chi connectivity index (χ4v) is 2.01. The van der Waals surface area contributed by atoms with Crippen LogP contribution in [0.2, 0.25) is 5.15 Å². The first-order valence-corrected chi connectivity index (χ1v) is 8.08. The Bertz CT molecular complexity index is 590. The Labute approximate surface area is 133 Å². The number of hydrogen-bond acceptors (Lipinski definition) is 7. The van der Waals surface area contributed by atoms with Gasteiger partial charge in [-0.15, -0.1) is 0 Å². The lowest BCUT2D eigenvalue weighted by atomic mass is 10.3. The highest BCUT2D eigenvalue weighted by atomic mass is 35.5. The van der Waals surface area contributed by atoms with Gasteiger partial charge in [-0.05, 0) is 31.7 Å². The van der Waals surface area contributed by atoms with Gasteiger partial charge in [0.05, 0.1) is 0 Å². The van der Waals surface area contributed by atoms with E-state index in [1.54, 1.807) is 12.3 Å². The zero-order chi connectivity index (χ0) is 15.2. The van der Waals surface area contributed by atoms with Crippen molar-refractivity contribution in [2.75, 3.05) is 16.9 Å². The van der Waals surface area contributed by atoms with Crippen LogP contribution in [0.25, 0.3) is 0 Å². The van der Waals surface area contributed by atoms with Crippen molar-refractivity contribution in [2.24, 2.45) is 0 Å². The molecule has 0 spiro atoms. The molecule has 2 N–H and O–H groups in total. The van der Waals surface area contributed by atoms with E-state index in [1.165, 1.54) is 11.8 Å². The van der Waals surface area contributed by atoms with E-state index in [9.17, 15) is 0 Å². The average Bonchev–Trinajstić information content (AvgIpc) is 2.45. The van der Waals surface area contributed by atoms with Crippen LogP contribution in [0.5, 0.6) is 0 Å². The number of hydrogen-bond donors (Lipinski definition) is 2. The molecule has 0 aliphatic rings. The summed E-state index contributed by atoms with van der Waals surface area (Å²) in [6.07, 6.45) is 3.65. The molecule has 0 amide bonds. The van der Waals surface area contributed by atoms with Gasteiger partial charge >= 0.3 is 0 Å². The third-order valence-corrected chi connectivity index (χ3v) is 3.23. The van der Waals surface area contributed by atoms with Crippen LogP contribution in [0.15, 0.2) is 23.5 Å². The van der Waals surface area contributed by atoms with Gasteiger partial charge in [-0.25, -0.2) is 4.98 Å². The number of pyridine rings is 1. The van der Waals surface area contributed by atoms with Gasteiger partial charge in [0.15, 0.2) is 5.16 Å². The molecule has 0 atom stereocenters. The lowest BCUT2D eigenvalue weighted by molar-refractivity contribution is 0.834. The molecule has 0 bridgehead atoms. The summed E-state index contributed by atoms with van der Waals surface area (Å²) in [6, 6.07) is 3.92. The molecule has 2 heterocycles. The Morgan fingerprint density at radius 2 is 1.95 bits per heavy atom. The van der Waals surface area contributed by atoms with Gasteiger partial charge in [-0.3, -0.25) is 0 Å². The van der Waals surface area contributed by atoms with Crippen molar-refractivity contribution in [1.29, 1.82) is 0 Å². The van der Waals surface area contributed by atoms with Crippen LogP contribution < -0.4 is 10.6 Å². The van der Waals surface area contributed by atoms with Crippen molar-refractivity contribution >= 4 is 35.3 Å². The number of thioether (sulfide) groups is 1. The number of rotatable bonds is 6. The van der Waals surface area contributed by atoms with Crippen LogP contribution in [-0.2, 0) is 6.54 Å². The summed E-state index contributed by atoms with van der Waals surface area (Å²) < 4.78 is 0. The Morgan fingerprint density at radius 1 is 1.19 bits per heavy atom. The van der Waals surface area contributed by atoms with Crippen LogP contribution >= 0.6 is 23.4 Å². The molecular formula is C13H17ClN6S. The van der Waals surface area contributed by atoms with Crippen molar-refractivity contribution < 1.29 is 0 Å². The minimum atomic E-state index is 0.260. The Kier molecular flexibility index (Phi) is 5.58. The van der Waals surface area contributed by atoms with Crippen LogP contribution in [0.4, 0.5) is 11.9 Å². The number of anilines is 2. The van der Waals surface area contributed by atoms with E-state index in [0.717, 1.165) is 5.56 Å². The number of halogens is 1. The van der Waals surface area contributed by atoms with E-state index in [1.807, 2.05) is 26.2 Å². The van der Waals surface area contributed by atoms with Crippen LogP contribution in [0, 0.1) is 0 Å². The molecule has 0 radical (unpaired) electrons. The second-order valence-electron chi connectivity index (χ2n) is 4.61. The van der Waals surface area contributed by atoms with Crippen LogP contribution in [-0.4, -0.2) is 32.2 Å².